The lowest BCUT2D eigenvalue weighted by atomic mass is 10.2. The van der Waals surface area contributed by atoms with E-state index >= 15 is 0 Å². The molecule has 0 rings (SSSR count). The number of hydrogen-bond donors (Lipinski definition) is 1. The summed E-state index contributed by atoms with van der Waals surface area (Å²) in [5.41, 5.74) is 1.18. The summed E-state index contributed by atoms with van der Waals surface area (Å²) < 4.78 is 0. The fourth-order valence-corrected chi connectivity index (χ4v) is 0.682. The van der Waals surface area contributed by atoms with Gasteiger partial charge in [-0.15, -0.1) is 6.58 Å². The zero-order valence-corrected chi connectivity index (χ0v) is 6.98. The van der Waals surface area contributed by atoms with Crippen molar-refractivity contribution in [2.45, 2.75) is 26.3 Å². The van der Waals surface area contributed by atoms with Crippen molar-refractivity contribution in [3.05, 3.63) is 24.8 Å². The van der Waals surface area contributed by atoms with Crippen LogP contribution in [0.2, 0.25) is 0 Å². The first-order chi connectivity index (χ1) is 4.66. The number of rotatable bonds is 5. The van der Waals surface area contributed by atoms with Crippen LogP contribution in [-0.4, -0.2) is 12.6 Å². The van der Waals surface area contributed by atoms with E-state index in [-0.39, 0.29) is 0 Å². The van der Waals surface area contributed by atoms with Gasteiger partial charge in [-0.1, -0.05) is 18.2 Å². The Bertz CT molecular complexity index is 116. The molecular formula is C9H17N. The molecule has 1 atom stereocenters. The van der Waals surface area contributed by atoms with Gasteiger partial charge in [-0.3, -0.25) is 0 Å². The van der Waals surface area contributed by atoms with E-state index in [1.54, 1.807) is 0 Å². The standard InChI is InChI=1S/C9H17N/c1-5-6-9(4)10-7-8(2)3/h5,9-10H,1-2,6-7H2,3-4H3. The predicted octanol–water partition coefficient (Wildman–Crippen LogP) is 2.12. The lowest BCUT2D eigenvalue weighted by Crippen LogP contribution is -2.26. The van der Waals surface area contributed by atoms with E-state index in [1.165, 1.54) is 5.57 Å². The molecule has 0 bridgehead atoms. The summed E-state index contributed by atoms with van der Waals surface area (Å²) in [5, 5.41) is 3.31. The molecule has 0 radical (unpaired) electrons. The molecule has 1 N–H and O–H groups in total. The molecule has 0 aromatic rings. The maximum Gasteiger partial charge on any atom is 0.0161 e. The van der Waals surface area contributed by atoms with Gasteiger partial charge >= 0.3 is 0 Å². The first-order valence-corrected chi connectivity index (χ1v) is 3.65. The van der Waals surface area contributed by atoms with Gasteiger partial charge in [0.25, 0.3) is 0 Å². The first kappa shape index (κ1) is 9.44. The lowest BCUT2D eigenvalue weighted by Gasteiger charge is -2.10. The van der Waals surface area contributed by atoms with Crippen molar-refractivity contribution in [1.29, 1.82) is 0 Å². The van der Waals surface area contributed by atoms with Crippen molar-refractivity contribution in [3.63, 3.8) is 0 Å². The normalized spacial score (nSPS) is 12.6. The fraction of sp³-hybridized carbons (Fsp3) is 0.556. The molecule has 0 saturated heterocycles. The average Bonchev–Trinajstić information content (AvgIpc) is 1.85. The van der Waals surface area contributed by atoms with Crippen LogP contribution in [-0.2, 0) is 0 Å². The summed E-state index contributed by atoms with van der Waals surface area (Å²) in [7, 11) is 0. The maximum atomic E-state index is 3.80. The van der Waals surface area contributed by atoms with Crippen LogP contribution in [0.1, 0.15) is 20.3 Å². The molecule has 0 aliphatic rings. The van der Waals surface area contributed by atoms with Crippen LogP contribution < -0.4 is 5.32 Å². The van der Waals surface area contributed by atoms with E-state index in [4.69, 9.17) is 0 Å². The third kappa shape index (κ3) is 5.57. The summed E-state index contributed by atoms with van der Waals surface area (Å²) in [6, 6.07) is 0.522. The maximum absolute atomic E-state index is 3.80. The summed E-state index contributed by atoms with van der Waals surface area (Å²) >= 11 is 0. The Balaban J connectivity index is 3.29. The molecule has 1 unspecified atom stereocenters. The van der Waals surface area contributed by atoms with Crippen molar-refractivity contribution in [2.24, 2.45) is 0 Å². The van der Waals surface area contributed by atoms with Crippen LogP contribution >= 0.6 is 0 Å². The number of nitrogens with one attached hydrogen (secondary N) is 1. The van der Waals surface area contributed by atoms with Gasteiger partial charge in [0.15, 0.2) is 0 Å². The molecule has 0 aliphatic heterocycles. The highest BCUT2D eigenvalue weighted by molar-refractivity contribution is 4.91. The van der Waals surface area contributed by atoms with E-state index in [0.717, 1.165) is 13.0 Å². The van der Waals surface area contributed by atoms with Crippen LogP contribution in [0, 0.1) is 0 Å². The highest BCUT2D eigenvalue weighted by Gasteiger charge is 1.95. The van der Waals surface area contributed by atoms with Gasteiger partial charge in [0, 0.05) is 12.6 Å². The summed E-state index contributed by atoms with van der Waals surface area (Å²) in [6.45, 7) is 12.5. The topological polar surface area (TPSA) is 12.0 Å². The largest absolute Gasteiger partial charge is 0.310 e. The molecule has 1 nitrogen and oxygen atoms in total. The van der Waals surface area contributed by atoms with Gasteiger partial charge in [-0.2, -0.15) is 0 Å². The van der Waals surface area contributed by atoms with Gasteiger partial charge in [0.05, 0.1) is 0 Å². The van der Waals surface area contributed by atoms with Crippen molar-refractivity contribution < 1.29 is 0 Å². The third-order valence-corrected chi connectivity index (χ3v) is 1.27. The molecule has 10 heavy (non-hydrogen) atoms. The first-order valence-electron chi connectivity index (χ1n) is 3.65. The second kappa shape index (κ2) is 5.24. The van der Waals surface area contributed by atoms with Crippen molar-refractivity contribution in [3.8, 4) is 0 Å². The Hall–Kier alpha value is -0.560. The van der Waals surface area contributed by atoms with Crippen LogP contribution in [0.15, 0.2) is 24.8 Å². The van der Waals surface area contributed by atoms with Crippen molar-refractivity contribution in [1.82, 2.24) is 5.32 Å². The molecule has 1 heteroatoms. The zero-order chi connectivity index (χ0) is 7.98. The smallest absolute Gasteiger partial charge is 0.0161 e. The second-order valence-corrected chi connectivity index (χ2v) is 2.76. The Morgan fingerprint density at radius 3 is 2.70 bits per heavy atom. The van der Waals surface area contributed by atoms with Crippen LogP contribution in [0.25, 0.3) is 0 Å². The molecular weight excluding hydrogens is 122 g/mol. The summed E-state index contributed by atoms with van der Waals surface area (Å²) in [4.78, 5) is 0. The van der Waals surface area contributed by atoms with Crippen LogP contribution in [0.4, 0.5) is 0 Å². The molecule has 0 fully saturated rings. The molecule has 0 amide bonds. The van der Waals surface area contributed by atoms with Crippen LogP contribution in [0.5, 0.6) is 0 Å². The van der Waals surface area contributed by atoms with Crippen LogP contribution in [0.3, 0.4) is 0 Å². The van der Waals surface area contributed by atoms with Gasteiger partial charge in [0.1, 0.15) is 0 Å². The van der Waals surface area contributed by atoms with Gasteiger partial charge in [-0.25, -0.2) is 0 Å². The monoisotopic (exact) mass is 139 g/mol. The van der Waals surface area contributed by atoms with Crippen molar-refractivity contribution >= 4 is 0 Å². The molecule has 0 spiro atoms. The van der Waals surface area contributed by atoms with E-state index in [2.05, 4.69) is 25.4 Å². The molecule has 0 aromatic carbocycles. The average molecular weight is 139 g/mol. The van der Waals surface area contributed by atoms with Crippen molar-refractivity contribution in [2.75, 3.05) is 6.54 Å². The Morgan fingerprint density at radius 1 is 1.70 bits per heavy atom. The third-order valence-electron chi connectivity index (χ3n) is 1.27. The molecule has 0 saturated carbocycles. The van der Waals surface area contributed by atoms with E-state index < -0.39 is 0 Å². The fourth-order valence-electron chi connectivity index (χ4n) is 0.682. The minimum atomic E-state index is 0.522. The Morgan fingerprint density at radius 2 is 2.30 bits per heavy atom. The molecule has 0 heterocycles. The molecule has 0 aromatic heterocycles. The van der Waals surface area contributed by atoms with E-state index in [9.17, 15) is 0 Å². The summed E-state index contributed by atoms with van der Waals surface area (Å²) in [6.07, 6.45) is 2.95. The molecule has 0 aliphatic carbocycles. The Kier molecular flexibility index (Phi) is 4.95. The summed E-state index contributed by atoms with van der Waals surface area (Å²) in [5.74, 6) is 0. The van der Waals surface area contributed by atoms with E-state index in [1.807, 2.05) is 13.0 Å². The highest BCUT2D eigenvalue weighted by Crippen LogP contribution is 1.91. The van der Waals surface area contributed by atoms with E-state index in [0.29, 0.717) is 6.04 Å². The van der Waals surface area contributed by atoms with Gasteiger partial charge in [0.2, 0.25) is 0 Å². The minimum Gasteiger partial charge on any atom is -0.310 e. The SMILES string of the molecule is C=CCC(C)NCC(=C)C. The quantitative estimate of drug-likeness (QED) is 0.575. The minimum absolute atomic E-state index is 0.522. The Labute approximate surface area is 63.8 Å². The van der Waals surface area contributed by atoms with Gasteiger partial charge in [-0.05, 0) is 20.3 Å². The number of hydrogen-bond acceptors (Lipinski definition) is 1. The predicted molar refractivity (Wildman–Crippen MR) is 47.1 cm³/mol. The zero-order valence-electron chi connectivity index (χ0n) is 6.98. The highest BCUT2D eigenvalue weighted by atomic mass is 14.9. The molecule has 58 valence electrons. The lowest BCUT2D eigenvalue weighted by molar-refractivity contribution is 0.582. The second-order valence-electron chi connectivity index (χ2n) is 2.76. The van der Waals surface area contributed by atoms with Gasteiger partial charge < -0.3 is 5.32 Å².